The molecule has 0 unspecified atom stereocenters. The number of carbonyl (C=O) groups excluding carboxylic acids is 4. The molecular weight excluding hydrogens is 427 g/mol. The molecule has 0 radical (unpaired) electrons. The average Bonchev–Trinajstić information content (AvgIpc) is 3.28. The van der Waals surface area contributed by atoms with Gasteiger partial charge >= 0.3 is 5.97 Å². The van der Waals surface area contributed by atoms with Gasteiger partial charge in [-0.15, -0.1) is 10.2 Å². The number of benzene rings is 2. The molecule has 2 heterocycles. The van der Waals surface area contributed by atoms with E-state index < -0.39 is 36.1 Å². The Morgan fingerprint density at radius 3 is 2.45 bits per heavy atom. The molecule has 2 aromatic carbocycles. The van der Waals surface area contributed by atoms with Crippen molar-refractivity contribution >= 4 is 45.8 Å². The highest BCUT2D eigenvalue weighted by Gasteiger charge is 2.39. The minimum absolute atomic E-state index is 0.00442. The van der Waals surface area contributed by atoms with E-state index in [0.29, 0.717) is 10.7 Å². The van der Waals surface area contributed by atoms with Crippen LogP contribution in [0.3, 0.4) is 0 Å². The first-order chi connectivity index (χ1) is 14.8. The molecule has 31 heavy (non-hydrogen) atoms. The van der Waals surface area contributed by atoms with E-state index in [1.807, 2.05) is 0 Å². The molecule has 0 saturated carbocycles. The molecule has 1 aliphatic rings. The molecule has 0 saturated heterocycles. The summed E-state index contributed by atoms with van der Waals surface area (Å²) in [5.74, 6) is -3.10. The van der Waals surface area contributed by atoms with E-state index >= 15 is 0 Å². The highest BCUT2D eigenvalue weighted by Crippen LogP contribution is 2.30. The number of hydrogen-bond donors (Lipinski definition) is 1. The number of esters is 1. The second-order valence-corrected chi connectivity index (χ2v) is 7.60. The second kappa shape index (κ2) is 8.03. The van der Waals surface area contributed by atoms with Gasteiger partial charge < -0.3 is 10.1 Å². The first kappa shape index (κ1) is 20.3. The topological polar surface area (TPSA) is 119 Å². The van der Waals surface area contributed by atoms with Gasteiger partial charge in [0.2, 0.25) is 5.13 Å². The molecule has 3 aromatic rings. The number of aromatic nitrogens is 2. The lowest BCUT2D eigenvalue weighted by molar-refractivity contribution is -0.119. The lowest BCUT2D eigenvalue weighted by atomic mass is 10.1. The molecule has 0 atom stereocenters. The fourth-order valence-corrected chi connectivity index (χ4v) is 3.55. The summed E-state index contributed by atoms with van der Waals surface area (Å²) in [6.45, 7) is 1.11. The Bertz CT molecular complexity index is 1220. The van der Waals surface area contributed by atoms with Crippen molar-refractivity contribution < 1.29 is 28.3 Å². The van der Waals surface area contributed by atoms with Crippen molar-refractivity contribution in [3.8, 4) is 0 Å². The van der Waals surface area contributed by atoms with Gasteiger partial charge in [0.1, 0.15) is 10.8 Å². The van der Waals surface area contributed by atoms with E-state index in [9.17, 15) is 23.6 Å². The first-order valence-electron chi connectivity index (χ1n) is 8.89. The third-order valence-corrected chi connectivity index (χ3v) is 5.12. The molecule has 0 fully saturated rings. The zero-order chi connectivity index (χ0) is 22.1. The van der Waals surface area contributed by atoms with Crippen LogP contribution in [0.2, 0.25) is 0 Å². The van der Waals surface area contributed by atoms with E-state index in [4.69, 9.17) is 4.74 Å². The van der Waals surface area contributed by atoms with Crippen LogP contribution in [0.4, 0.5) is 15.2 Å². The maximum absolute atomic E-state index is 12.9. The number of halogens is 1. The molecule has 0 spiro atoms. The number of aryl methyl sites for hydroxylation is 1. The summed E-state index contributed by atoms with van der Waals surface area (Å²) in [6.07, 6.45) is 0. The Morgan fingerprint density at radius 2 is 1.77 bits per heavy atom. The third-order valence-electron chi connectivity index (χ3n) is 4.29. The van der Waals surface area contributed by atoms with Gasteiger partial charge in [-0.3, -0.25) is 14.4 Å². The van der Waals surface area contributed by atoms with Gasteiger partial charge in [-0.1, -0.05) is 11.3 Å². The molecule has 9 nitrogen and oxygen atoms in total. The predicted octanol–water partition coefficient (Wildman–Crippen LogP) is 2.58. The van der Waals surface area contributed by atoms with Gasteiger partial charge in [0.25, 0.3) is 17.7 Å². The molecule has 156 valence electrons. The lowest BCUT2D eigenvalue weighted by Crippen LogP contribution is -2.29. The van der Waals surface area contributed by atoms with E-state index in [2.05, 4.69) is 15.5 Å². The fraction of sp³-hybridized carbons (Fsp3) is 0.100. The number of anilines is 2. The van der Waals surface area contributed by atoms with Crippen molar-refractivity contribution in [1.82, 2.24) is 10.2 Å². The SMILES string of the molecule is Cc1nnc(N2C(=O)c3ccc(C(=O)OCC(=O)Nc4ccc(F)cc4)cc3C2=O)s1. The number of rotatable bonds is 5. The minimum Gasteiger partial charge on any atom is -0.452 e. The van der Waals surface area contributed by atoms with Crippen molar-refractivity contribution in [1.29, 1.82) is 0 Å². The molecule has 11 heteroatoms. The molecule has 0 aliphatic carbocycles. The zero-order valence-electron chi connectivity index (χ0n) is 15.9. The van der Waals surface area contributed by atoms with E-state index in [-0.39, 0.29) is 21.8 Å². The summed E-state index contributed by atoms with van der Waals surface area (Å²) in [5.41, 5.74) is 0.507. The molecule has 4 rings (SSSR count). The fourth-order valence-electron chi connectivity index (χ4n) is 2.86. The Hall–Kier alpha value is -3.99. The Kier molecular flexibility index (Phi) is 5.26. The van der Waals surface area contributed by atoms with Gasteiger partial charge in [-0.05, 0) is 49.4 Å². The number of carbonyl (C=O) groups is 4. The van der Waals surface area contributed by atoms with Crippen LogP contribution in [-0.4, -0.2) is 40.5 Å². The van der Waals surface area contributed by atoms with E-state index in [0.717, 1.165) is 16.2 Å². The van der Waals surface area contributed by atoms with Gasteiger partial charge in [0.15, 0.2) is 6.61 Å². The smallest absolute Gasteiger partial charge is 0.338 e. The van der Waals surface area contributed by atoms with Crippen molar-refractivity contribution in [3.63, 3.8) is 0 Å². The lowest BCUT2D eigenvalue weighted by Gasteiger charge is -2.07. The Balaban J connectivity index is 1.43. The molecule has 3 amide bonds. The summed E-state index contributed by atoms with van der Waals surface area (Å²) in [4.78, 5) is 50.4. The number of imide groups is 1. The van der Waals surface area contributed by atoms with Gasteiger partial charge in [0.05, 0.1) is 16.7 Å². The highest BCUT2D eigenvalue weighted by atomic mass is 32.1. The Morgan fingerprint density at radius 1 is 1.06 bits per heavy atom. The van der Waals surface area contributed by atoms with E-state index in [1.54, 1.807) is 6.92 Å². The van der Waals surface area contributed by atoms with Crippen LogP contribution >= 0.6 is 11.3 Å². The van der Waals surface area contributed by atoms with Crippen molar-refractivity contribution in [2.24, 2.45) is 0 Å². The van der Waals surface area contributed by atoms with Crippen molar-refractivity contribution in [2.45, 2.75) is 6.92 Å². The Labute approximate surface area is 178 Å². The van der Waals surface area contributed by atoms with Gasteiger partial charge in [-0.2, -0.15) is 0 Å². The minimum atomic E-state index is -0.845. The number of amides is 3. The van der Waals surface area contributed by atoms with Crippen molar-refractivity contribution in [2.75, 3.05) is 16.8 Å². The van der Waals surface area contributed by atoms with Crippen LogP contribution in [-0.2, 0) is 9.53 Å². The summed E-state index contributed by atoms with van der Waals surface area (Å²) in [5, 5.41) is 10.8. The largest absolute Gasteiger partial charge is 0.452 e. The molecule has 0 bridgehead atoms. The first-order valence-corrected chi connectivity index (χ1v) is 9.70. The number of hydrogen-bond acceptors (Lipinski definition) is 8. The molecule has 1 N–H and O–H groups in total. The van der Waals surface area contributed by atoms with Crippen LogP contribution in [0, 0.1) is 12.7 Å². The third kappa shape index (κ3) is 4.03. The van der Waals surface area contributed by atoms with Gasteiger partial charge in [-0.25, -0.2) is 14.1 Å². The quantitative estimate of drug-likeness (QED) is 0.478. The maximum Gasteiger partial charge on any atom is 0.338 e. The standard InChI is InChI=1S/C20H13FN4O5S/c1-10-23-24-20(31-10)25-17(27)14-7-2-11(8-15(14)18(25)28)19(29)30-9-16(26)22-13-5-3-12(21)4-6-13/h2-8H,9H2,1H3,(H,22,26). The molecule has 1 aliphatic heterocycles. The van der Waals surface area contributed by atoms with Crippen molar-refractivity contribution in [3.05, 3.63) is 70.0 Å². The number of nitrogens with zero attached hydrogens (tertiary/aromatic N) is 3. The van der Waals surface area contributed by atoms with Crippen LogP contribution in [0.25, 0.3) is 0 Å². The maximum atomic E-state index is 12.9. The highest BCUT2D eigenvalue weighted by molar-refractivity contribution is 7.15. The van der Waals surface area contributed by atoms with Crippen LogP contribution in [0.15, 0.2) is 42.5 Å². The summed E-state index contributed by atoms with van der Waals surface area (Å²) in [7, 11) is 0. The van der Waals surface area contributed by atoms with Gasteiger partial charge in [0, 0.05) is 5.69 Å². The van der Waals surface area contributed by atoms with Crippen LogP contribution < -0.4 is 10.2 Å². The normalized spacial score (nSPS) is 12.6. The number of fused-ring (bicyclic) bond motifs is 1. The summed E-state index contributed by atoms with van der Waals surface area (Å²) in [6, 6.07) is 9.00. The predicted molar refractivity (Wildman–Crippen MR) is 108 cm³/mol. The number of ether oxygens (including phenoxy) is 1. The zero-order valence-corrected chi connectivity index (χ0v) is 16.7. The van der Waals surface area contributed by atoms with Crippen LogP contribution in [0.5, 0.6) is 0 Å². The summed E-state index contributed by atoms with van der Waals surface area (Å²) < 4.78 is 17.9. The summed E-state index contributed by atoms with van der Waals surface area (Å²) >= 11 is 1.09. The molecular formula is C20H13FN4O5S. The van der Waals surface area contributed by atoms with E-state index in [1.165, 1.54) is 42.5 Å². The number of nitrogens with one attached hydrogen (secondary N) is 1. The molecule has 1 aromatic heterocycles. The van der Waals surface area contributed by atoms with Crippen LogP contribution in [0.1, 0.15) is 36.1 Å². The second-order valence-electron chi connectivity index (χ2n) is 6.44. The average molecular weight is 440 g/mol. The monoisotopic (exact) mass is 440 g/mol.